The molecule has 1 aliphatic rings. The van der Waals surface area contributed by atoms with E-state index < -0.39 is 0 Å². The fourth-order valence-electron chi connectivity index (χ4n) is 4.15. The Morgan fingerprint density at radius 2 is 1.94 bits per heavy atom. The molecule has 0 N–H and O–H groups in total. The highest BCUT2D eigenvalue weighted by Crippen LogP contribution is 2.42. The molecule has 0 aliphatic carbocycles. The third-order valence-corrected chi connectivity index (χ3v) is 6.50. The van der Waals surface area contributed by atoms with E-state index >= 15 is 0 Å². The lowest BCUT2D eigenvalue weighted by molar-refractivity contribution is 0.0340. The summed E-state index contributed by atoms with van der Waals surface area (Å²) < 4.78 is 18.0. The Bertz CT molecular complexity index is 1130. The molecule has 0 bridgehead atoms. The molecule has 0 saturated carbocycles. The first-order valence-corrected chi connectivity index (χ1v) is 11.0. The summed E-state index contributed by atoms with van der Waals surface area (Å²) in [6.45, 7) is 3.78. The first kappa shape index (κ1) is 22.8. The van der Waals surface area contributed by atoms with E-state index in [1.165, 1.54) is 19.5 Å². The van der Waals surface area contributed by atoms with Crippen molar-refractivity contribution in [3.63, 3.8) is 0 Å². The summed E-state index contributed by atoms with van der Waals surface area (Å²) in [5.41, 5.74) is 2.92. The topological polar surface area (TPSA) is 78.7 Å². The molecule has 32 heavy (non-hydrogen) atoms. The molecule has 0 unspecified atom stereocenters. The molecule has 1 atom stereocenters. The average Bonchev–Trinajstić information content (AvgIpc) is 3.14. The minimum absolute atomic E-state index is 0.133. The number of amides is 1. The van der Waals surface area contributed by atoms with Crippen LogP contribution >= 0.6 is 23.2 Å². The van der Waals surface area contributed by atoms with E-state index in [0.717, 1.165) is 22.2 Å². The van der Waals surface area contributed by atoms with Crippen LogP contribution in [0.25, 0.3) is 10.9 Å². The van der Waals surface area contributed by atoms with Crippen molar-refractivity contribution in [3.8, 4) is 5.75 Å². The minimum atomic E-state index is -0.233. The van der Waals surface area contributed by atoms with Crippen molar-refractivity contribution in [2.45, 2.75) is 26.1 Å². The van der Waals surface area contributed by atoms with E-state index in [2.05, 4.69) is 14.5 Å². The second-order valence-corrected chi connectivity index (χ2v) is 8.23. The van der Waals surface area contributed by atoms with Crippen molar-refractivity contribution in [1.82, 2.24) is 19.4 Å². The van der Waals surface area contributed by atoms with Gasteiger partial charge < -0.3 is 23.7 Å². The summed E-state index contributed by atoms with van der Waals surface area (Å²) in [7, 11) is 3.16. The SMILES string of the molecule is COCCOCn1c2c(c3ccc(Cl)c(Cl)c31)[C@@H](C)N(C(=O)c1ncc(OC)cn1)CC2. The predicted octanol–water partition coefficient (Wildman–Crippen LogP) is 4.13. The lowest BCUT2D eigenvalue weighted by Crippen LogP contribution is -2.40. The summed E-state index contributed by atoms with van der Waals surface area (Å²) in [4.78, 5) is 23.3. The fraction of sp³-hybridized carbons (Fsp3) is 0.409. The summed E-state index contributed by atoms with van der Waals surface area (Å²) in [5, 5.41) is 1.89. The van der Waals surface area contributed by atoms with Crippen LogP contribution in [0.1, 0.15) is 34.8 Å². The van der Waals surface area contributed by atoms with Crippen molar-refractivity contribution >= 4 is 40.0 Å². The number of halogens is 2. The number of ether oxygens (including phenoxy) is 3. The molecule has 0 saturated heterocycles. The zero-order valence-electron chi connectivity index (χ0n) is 18.1. The molecule has 1 aromatic carbocycles. The number of rotatable bonds is 7. The summed E-state index contributed by atoms with van der Waals surface area (Å²) in [6.07, 6.45) is 3.62. The van der Waals surface area contributed by atoms with Gasteiger partial charge in [-0.25, -0.2) is 9.97 Å². The molecule has 1 amide bonds. The molecule has 3 aromatic rings. The van der Waals surface area contributed by atoms with Crippen LogP contribution in [0.15, 0.2) is 24.5 Å². The molecular formula is C22H24Cl2N4O4. The summed E-state index contributed by atoms with van der Waals surface area (Å²) in [5.74, 6) is 0.399. The van der Waals surface area contributed by atoms with E-state index in [4.69, 9.17) is 37.4 Å². The number of fused-ring (bicyclic) bond motifs is 3. The van der Waals surface area contributed by atoms with Crippen LogP contribution in [-0.2, 0) is 22.6 Å². The third kappa shape index (κ3) is 4.03. The number of methoxy groups -OCH3 is 2. The molecule has 3 heterocycles. The highest BCUT2D eigenvalue weighted by Gasteiger charge is 2.34. The maximum Gasteiger partial charge on any atom is 0.292 e. The Morgan fingerprint density at radius 1 is 1.19 bits per heavy atom. The van der Waals surface area contributed by atoms with Gasteiger partial charge in [-0.2, -0.15) is 0 Å². The number of nitrogens with zero attached hydrogens (tertiary/aromatic N) is 4. The van der Waals surface area contributed by atoms with Crippen LogP contribution in [0.3, 0.4) is 0 Å². The van der Waals surface area contributed by atoms with Gasteiger partial charge in [0.25, 0.3) is 5.91 Å². The maximum absolute atomic E-state index is 13.2. The van der Waals surface area contributed by atoms with Crippen molar-refractivity contribution in [2.24, 2.45) is 0 Å². The van der Waals surface area contributed by atoms with Gasteiger partial charge in [0.1, 0.15) is 6.73 Å². The van der Waals surface area contributed by atoms with Crippen LogP contribution < -0.4 is 4.74 Å². The number of benzene rings is 1. The normalized spacial score (nSPS) is 15.8. The minimum Gasteiger partial charge on any atom is -0.494 e. The Kier molecular flexibility index (Phi) is 6.85. The van der Waals surface area contributed by atoms with Crippen molar-refractivity contribution in [2.75, 3.05) is 34.0 Å². The van der Waals surface area contributed by atoms with E-state index in [9.17, 15) is 4.79 Å². The first-order valence-electron chi connectivity index (χ1n) is 10.2. The van der Waals surface area contributed by atoms with Gasteiger partial charge in [0.15, 0.2) is 5.75 Å². The van der Waals surface area contributed by atoms with Gasteiger partial charge in [0, 0.05) is 36.7 Å². The number of carbonyl (C=O) groups excluding carboxylic acids is 1. The van der Waals surface area contributed by atoms with E-state index in [0.29, 0.717) is 48.7 Å². The second kappa shape index (κ2) is 9.62. The number of hydrogen-bond acceptors (Lipinski definition) is 6. The molecule has 170 valence electrons. The molecule has 8 nitrogen and oxygen atoms in total. The lowest BCUT2D eigenvalue weighted by atomic mass is 9.96. The summed E-state index contributed by atoms with van der Waals surface area (Å²) >= 11 is 12.9. The van der Waals surface area contributed by atoms with Gasteiger partial charge in [0.05, 0.1) is 54.3 Å². The molecule has 10 heteroatoms. The average molecular weight is 479 g/mol. The highest BCUT2D eigenvalue weighted by atomic mass is 35.5. The maximum atomic E-state index is 13.2. The quantitative estimate of drug-likeness (QED) is 0.475. The monoisotopic (exact) mass is 478 g/mol. The Balaban J connectivity index is 1.72. The fourth-order valence-corrected chi connectivity index (χ4v) is 4.57. The molecule has 0 spiro atoms. The third-order valence-electron chi connectivity index (χ3n) is 5.71. The predicted molar refractivity (Wildman–Crippen MR) is 122 cm³/mol. The van der Waals surface area contributed by atoms with Gasteiger partial charge in [0.2, 0.25) is 5.82 Å². The van der Waals surface area contributed by atoms with Gasteiger partial charge in [-0.3, -0.25) is 4.79 Å². The van der Waals surface area contributed by atoms with Gasteiger partial charge in [-0.15, -0.1) is 0 Å². The molecular weight excluding hydrogens is 455 g/mol. The van der Waals surface area contributed by atoms with Gasteiger partial charge >= 0.3 is 0 Å². The van der Waals surface area contributed by atoms with Gasteiger partial charge in [-0.05, 0) is 13.0 Å². The van der Waals surface area contributed by atoms with E-state index in [1.807, 2.05) is 13.0 Å². The van der Waals surface area contributed by atoms with Crippen LogP contribution in [0.2, 0.25) is 10.0 Å². The van der Waals surface area contributed by atoms with Crippen LogP contribution in [0.4, 0.5) is 0 Å². The van der Waals surface area contributed by atoms with E-state index in [1.54, 1.807) is 18.1 Å². The largest absolute Gasteiger partial charge is 0.494 e. The number of aromatic nitrogens is 3. The second-order valence-electron chi connectivity index (χ2n) is 7.45. The number of carbonyl (C=O) groups is 1. The van der Waals surface area contributed by atoms with Crippen molar-refractivity contribution in [3.05, 3.63) is 51.7 Å². The van der Waals surface area contributed by atoms with Crippen molar-refractivity contribution in [1.29, 1.82) is 0 Å². The molecule has 2 aromatic heterocycles. The van der Waals surface area contributed by atoms with Crippen LogP contribution in [0, 0.1) is 0 Å². The smallest absolute Gasteiger partial charge is 0.292 e. The Morgan fingerprint density at radius 3 is 2.62 bits per heavy atom. The van der Waals surface area contributed by atoms with Gasteiger partial charge in [-0.1, -0.05) is 29.3 Å². The molecule has 1 aliphatic heterocycles. The Labute approximate surface area is 196 Å². The van der Waals surface area contributed by atoms with Crippen LogP contribution in [0.5, 0.6) is 5.75 Å². The van der Waals surface area contributed by atoms with E-state index in [-0.39, 0.29) is 17.8 Å². The molecule has 4 rings (SSSR count). The Hall–Kier alpha value is -2.39. The standard InChI is InChI=1S/C22H24Cl2N4O4/c1-13-18-15-4-5-16(23)19(24)20(15)28(12-32-9-8-30-2)17(18)6-7-27(13)22(29)21-25-10-14(31-3)11-26-21/h4-5,10-11,13H,6-9,12H2,1-3H3/t13-/m1/s1. The molecule has 0 radical (unpaired) electrons. The van der Waals surface area contributed by atoms with Crippen LogP contribution in [-0.4, -0.2) is 59.3 Å². The first-order chi connectivity index (χ1) is 15.5. The number of hydrogen-bond donors (Lipinski definition) is 0. The highest BCUT2D eigenvalue weighted by molar-refractivity contribution is 6.45. The zero-order chi connectivity index (χ0) is 22.8. The summed E-state index contributed by atoms with van der Waals surface area (Å²) in [6, 6.07) is 3.52. The molecule has 0 fully saturated rings. The lowest BCUT2D eigenvalue weighted by Gasteiger charge is -2.34. The van der Waals surface area contributed by atoms with Crippen molar-refractivity contribution < 1.29 is 19.0 Å². The zero-order valence-corrected chi connectivity index (χ0v) is 19.6.